The molecule has 0 saturated carbocycles. The Kier molecular flexibility index (Phi) is 4.43. The topological polar surface area (TPSA) is 46.5 Å². The molecular formula is C14H19BrO3. The van der Waals surface area contributed by atoms with E-state index in [0.29, 0.717) is 0 Å². The van der Waals surface area contributed by atoms with Crippen LogP contribution in [0, 0.1) is 13.8 Å². The van der Waals surface area contributed by atoms with Gasteiger partial charge in [-0.05, 0) is 47.0 Å². The Labute approximate surface area is 116 Å². The average Bonchev–Trinajstić information content (AvgIpc) is 2.20. The molecule has 0 unspecified atom stereocenters. The maximum Gasteiger partial charge on any atom is 0.304 e. The molecule has 1 aromatic carbocycles. The molecule has 1 rings (SSSR count). The first-order valence-electron chi connectivity index (χ1n) is 5.76. The van der Waals surface area contributed by atoms with Crippen LogP contribution in [0.5, 0.6) is 5.75 Å². The molecule has 4 heteroatoms. The maximum absolute atomic E-state index is 11.0. The smallest absolute Gasteiger partial charge is 0.304 e. The number of methoxy groups -OCH3 is 1. The lowest BCUT2D eigenvalue weighted by atomic mass is 9.77. The number of hydrogen-bond donors (Lipinski definition) is 1. The predicted octanol–water partition coefficient (Wildman–Crippen LogP) is 3.83. The standard InChI is InChI=1S/C14H19BrO3/c1-8-6-10(15)13(18-5)12(9(8)2)14(3,4)7-11(16)17/h6H,7H2,1-5H3,(H,16,17). The second-order valence-corrected chi connectivity index (χ2v) is 6.02. The van der Waals surface area contributed by atoms with Crippen molar-refractivity contribution in [2.45, 2.75) is 39.5 Å². The largest absolute Gasteiger partial charge is 0.495 e. The van der Waals surface area contributed by atoms with Crippen LogP contribution in [-0.2, 0) is 10.2 Å². The van der Waals surface area contributed by atoms with E-state index in [4.69, 9.17) is 9.84 Å². The Balaban J connectivity index is 3.51. The van der Waals surface area contributed by atoms with Gasteiger partial charge in [-0.2, -0.15) is 0 Å². The molecule has 1 N–H and O–H groups in total. The Morgan fingerprint density at radius 1 is 1.44 bits per heavy atom. The number of ether oxygens (including phenoxy) is 1. The van der Waals surface area contributed by atoms with Gasteiger partial charge in [-0.1, -0.05) is 13.8 Å². The van der Waals surface area contributed by atoms with Gasteiger partial charge in [0.1, 0.15) is 5.75 Å². The number of benzene rings is 1. The van der Waals surface area contributed by atoms with E-state index in [9.17, 15) is 4.79 Å². The van der Waals surface area contributed by atoms with Gasteiger partial charge in [0.05, 0.1) is 18.0 Å². The summed E-state index contributed by atoms with van der Waals surface area (Å²) in [6.07, 6.45) is 0.0695. The molecule has 0 fully saturated rings. The third-order valence-corrected chi connectivity index (χ3v) is 3.82. The fourth-order valence-corrected chi connectivity index (χ4v) is 3.04. The molecule has 0 aliphatic carbocycles. The molecule has 100 valence electrons. The number of carboxylic acids is 1. The van der Waals surface area contributed by atoms with Gasteiger partial charge in [0.15, 0.2) is 0 Å². The molecule has 0 amide bonds. The van der Waals surface area contributed by atoms with Crippen molar-refractivity contribution in [2.75, 3.05) is 7.11 Å². The summed E-state index contributed by atoms with van der Waals surface area (Å²) in [6, 6.07) is 1.99. The summed E-state index contributed by atoms with van der Waals surface area (Å²) in [5, 5.41) is 9.05. The van der Waals surface area contributed by atoms with Crippen molar-refractivity contribution in [3.05, 3.63) is 27.2 Å². The van der Waals surface area contributed by atoms with Crippen LogP contribution in [0.1, 0.15) is 37.0 Å². The first-order valence-corrected chi connectivity index (χ1v) is 6.56. The Hall–Kier alpha value is -1.03. The highest BCUT2D eigenvalue weighted by molar-refractivity contribution is 9.10. The highest BCUT2D eigenvalue weighted by Crippen LogP contribution is 2.42. The van der Waals surface area contributed by atoms with Crippen molar-refractivity contribution in [1.82, 2.24) is 0 Å². The molecular weight excluding hydrogens is 296 g/mol. The number of carbonyl (C=O) groups is 1. The predicted molar refractivity (Wildman–Crippen MR) is 75.4 cm³/mol. The number of aliphatic carboxylic acids is 1. The average molecular weight is 315 g/mol. The van der Waals surface area contributed by atoms with Crippen molar-refractivity contribution in [3.63, 3.8) is 0 Å². The van der Waals surface area contributed by atoms with Crippen molar-refractivity contribution in [2.24, 2.45) is 0 Å². The second-order valence-electron chi connectivity index (χ2n) is 5.16. The SMILES string of the molecule is COc1c(Br)cc(C)c(C)c1C(C)(C)CC(=O)O. The number of hydrogen-bond acceptors (Lipinski definition) is 2. The highest BCUT2D eigenvalue weighted by atomic mass is 79.9. The second kappa shape index (κ2) is 5.31. The van der Waals surface area contributed by atoms with E-state index in [0.717, 1.165) is 26.9 Å². The van der Waals surface area contributed by atoms with Crippen LogP contribution < -0.4 is 4.74 Å². The lowest BCUT2D eigenvalue weighted by molar-refractivity contribution is -0.138. The minimum atomic E-state index is -0.806. The summed E-state index contributed by atoms with van der Waals surface area (Å²) in [6.45, 7) is 7.87. The van der Waals surface area contributed by atoms with Gasteiger partial charge in [0.25, 0.3) is 0 Å². The van der Waals surface area contributed by atoms with E-state index in [2.05, 4.69) is 15.9 Å². The first-order chi connectivity index (χ1) is 8.20. The summed E-state index contributed by atoms with van der Waals surface area (Å²) in [4.78, 5) is 11.0. The van der Waals surface area contributed by atoms with Gasteiger partial charge in [-0.15, -0.1) is 0 Å². The number of aryl methyl sites for hydroxylation is 1. The quantitative estimate of drug-likeness (QED) is 0.918. The molecule has 0 radical (unpaired) electrons. The van der Waals surface area contributed by atoms with Crippen LogP contribution in [0.4, 0.5) is 0 Å². The normalized spacial score (nSPS) is 11.4. The molecule has 3 nitrogen and oxygen atoms in total. The van der Waals surface area contributed by atoms with E-state index in [1.165, 1.54) is 0 Å². The van der Waals surface area contributed by atoms with E-state index >= 15 is 0 Å². The molecule has 0 heterocycles. The summed E-state index contributed by atoms with van der Waals surface area (Å²) in [5.74, 6) is -0.0802. The first kappa shape index (κ1) is 15.0. The fraction of sp³-hybridized carbons (Fsp3) is 0.500. The Morgan fingerprint density at radius 2 is 2.00 bits per heavy atom. The summed E-state index contributed by atoms with van der Waals surface area (Å²) in [7, 11) is 1.61. The molecule has 0 aliphatic heterocycles. The highest BCUT2D eigenvalue weighted by Gasteiger charge is 2.30. The van der Waals surface area contributed by atoms with Gasteiger partial charge in [-0.3, -0.25) is 4.79 Å². The summed E-state index contributed by atoms with van der Waals surface area (Å²) in [5.41, 5.74) is 2.69. The van der Waals surface area contributed by atoms with Crippen molar-refractivity contribution in [1.29, 1.82) is 0 Å². The molecule has 0 aromatic heterocycles. The monoisotopic (exact) mass is 314 g/mol. The fourth-order valence-electron chi connectivity index (χ4n) is 2.33. The molecule has 1 aromatic rings. The van der Waals surface area contributed by atoms with Crippen LogP contribution in [0.3, 0.4) is 0 Å². The molecule has 0 saturated heterocycles. The van der Waals surface area contributed by atoms with Crippen molar-refractivity contribution >= 4 is 21.9 Å². The zero-order chi connectivity index (χ0) is 14.1. The van der Waals surface area contributed by atoms with Gasteiger partial charge >= 0.3 is 5.97 Å². The number of carboxylic acid groups (broad SMARTS) is 1. The minimum Gasteiger partial charge on any atom is -0.495 e. The third kappa shape index (κ3) is 2.86. The zero-order valence-electron chi connectivity index (χ0n) is 11.4. The van der Waals surface area contributed by atoms with E-state index < -0.39 is 11.4 Å². The molecule has 18 heavy (non-hydrogen) atoms. The molecule has 0 aliphatic rings. The zero-order valence-corrected chi connectivity index (χ0v) is 13.0. The number of rotatable bonds is 4. The Bertz CT molecular complexity index is 478. The van der Waals surface area contributed by atoms with E-state index in [1.807, 2.05) is 33.8 Å². The molecule has 0 atom stereocenters. The molecule has 0 bridgehead atoms. The summed E-state index contributed by atoms with van der Waals surface area (Å²) >= 11 is 3.48. The summed E-state index contributed by atoms with van der Waals surface area (Å²) < 4.78 is 6.30. The third-order valence-electron chi connectivity index (χ3n) is 3.23. The van der Waals surface area contributed by atoms with Crippen LogP contribution in [0.25, 0.3) is 0 Å². The lowest BCUT2D eigenvalue weighted by Gasteiger charge is -2.29. The lowest BCUT2D eigenvalue weighted by Crippen LogP contribution is -2.24. The maximum atomic E-state index is 11.0. The van der Waals surface area contributed by atoms with Crippen LogP contribution in [-0.4, -0.2) is 18.2 Å². The van der Waals surface area contributed by atoms with Gasteiger partial charge in [0, 0.05) is 11.0 Å². The van der Waals surface area contributed by atoms with Gasteiger partial charge in [-0.25, -0.2) is 0 Å². The minimum absolute atomic E-state index is 0.0695. The van der Waals surface area contributed by atoms with Crippen molar-refractivity contribution in [3.8, 4) is 5.75 Å². The Morgan fingerprint density at radius 3 is 2.44 bits per heavy atom. The van der Waals surface area contributed by atoms with E-state index in [-0.39, 0.29) is 6.42 Å². The van der Waals surface area contributed by atoms with Crippen LogP contribution in [0.15, 0.2) is 10.5 Å². The number of halogens is 1. The van der Waals surface area contributed by atoms with Gasteiger partial charge in [0.2, 0.25) is 0 Å². The van der Waals surface area contributed by atoms with Gasteiger partial charge < -0.3 is 9.84 Å². The molecule has 0 spiro atoms. The van der Waals surface area contributed by atoms with E-state index in [1.54, 1.807) is 7.11 Å². The van der Waals surface area contributed by atoms with Crippen LogP contribution >= 0.6 is 15.9 Å². The van der Waals surface area contributed by atoms with Crippen LogP contribution in [0.2, 0.25) is 0 Å². The van der Waals surface area contributed by atoms with Crippen molar-refractivity contribution < 1.29 is 14.6 Å².